The van der Waals surface area contributed by atoms with E-state index in [-0.39, 0.29) is 22.4 Å². The molecule has 9 heteroatoms. The topological polar surface area (TPSA) is 89.6 Å². The third-order valence-corrected chi connectivity index (χ3v) is 5.77. The van der Waals surface area contributed by atoms with Crippen molar-refractivity contribution in [3.05, 3.63) is 58.1 Å². The maximum absolute atomic E-state index is 15.3. The van der Waals surface area contributed by atoms with Crippen molar-refractivity contribution >= 4 is 32.4 Å². The van der Waals surface area contributed by atoms with Crippen molar-refractivity contribution in [1.82, 2.24) is 25.5 Å². The Balaban J connectivity index is 1.61. The number of imidazole rings is 1. The molecule has 0 saturated heterocycles. The van der Waals surface area contributed by atoms with Gasteiger partial charge in [0.2, 0.25) is 0 Å². The van der Waals surface area contributed by atoms with Crippen LogP contribution in [0.15, 0.2) is 41.0 Å². The highest BCUT2D eigenvalue weighted by Gasteiger charge is 2.21. The van der Waals surface area contributed by atoms with Crippen molar-refractivity contribution in [3.8, 4) is 28.4 Å². The van der Waals surface area contributed by atoms with Crippen LogP contribution in [0.1, 0.15) is 11.3 Å². The molecule has 0 aliphatic carbocycles. The first-order chi connectivity index (χ1) is 14.6. The summed E-state index contributed by atoms with van der Waals surface area (Å²) in [4.78, 5) is 7.82. The standard InChI is InChI=1S/C21H16BrF2N5O/c22-20-17(10-5-6-25-9-10)26-21(27-20)19-15-4-3-14(16(24)18(15)28-29-19)13-2-1-12(30)7-11(13)8-23/h1-5,7,25,30H,6,8-9H2,(H,26,27)(H,28,29). The largest absolute Gasteiger partial charge is 0.508 e. The number of aromatic hydroxyl groups is 1. The molecule has 30 heavy (non-hydrogen) atoms. The predicted octanol–water partition coefficient (Wildman–Crippen LogP) is 4.68. The number of nitrogens with zero attached hydrogens (tertiary/aromatic N) is 2. The molecule has 152 valence electrons. The van der Waals surface area contributed by atoms with Gasteiger partial charge in [-0.1, -0.05) is 18.2 Å². The van der Waals surface area contributed by atoms with Crippen LogP contribution < -0.4 is 5.32 Å². The first-order valence-corrected chi connectivity index (χ1v) is 10.1. The van der Waals surface area contributed by atoms with Crippen LogP contribution in [-0.4, -0.2) is 38.4 Å². The fourth-order valence-corrected chi connectivity index (χ4v) is 4.26. The zero-order valence-corrected chi connectivity index (χ0v) is 17.1. The summed E-state index contributed by atoms with van der Waals surface area (Å²) in [6.45, 7) is 0.706. The van der Waals surface area contributed by atoms with Gasteiger partial charge in [0.15, 0.2) is 11.6 Å². The Bertz CT molecular complexity index is 1310. The molecule has 0 unspecified atom stereocenters. The molecule has 0 bridgehead atoms. The maximum atomic E-state index is 15.3. The second-order valence-electron chi connectivity index (χ2n) is 7.01. The van der Waals surface area contributed by atoms with Crippen LogP contribution in [0.3, 0.4) is 0 Å². The fourth-order valence-electron chi connectivity index (χ4n) is 3.73. The number of aromatic amines is 2. The molecule has 5 rings (SSSR count). The molecule has 0 atom stereocenters. The number of nitrogens with one attached hydrogen (secondary N) is 3. The quantitative estimate of drug-likeness (QED) is 0.347. The van der Waals surface area contributed by atoms with E-state index in [0.29, 0.717) is 22.5 Å². The lowest BCUT2D eigenvalue weighted by Crippen LogP contribution is -2.07. The number of benzene rings is 2. The van der Waals surface area contributed by atoms with Gasteiger partial charge in [0.05, 0.1) is 0 Å². The van der Waals surface area contributed by atoms with Crippen LogP contribution >= 0.6 is 15.9 Å². The zero-order valence-electron chi connectivity index (χ0n) is 15.6. The molecule has 2 aromatic carbocycles. The third-order valence-electron chi connectivity index (χ3n) is 5.20. The van der Waals surface area contributed by atoms with Gasteiger partial charge in [-0.05, 0) is 50.8 Å². The van der Waals surface area contributed by atoms with E-state index in [1.807, 2.05) is 0 Å². The van der Waals surface area contributed by atoms with Gasteiger partial charge in [-0.25, -0.2) is 13.8 Å². The minimum atomic E-state index is -0.819. The summed E-state index contributed by atoms with van der Waals surface area (Å²) in [5, 5.41) is 20.4. The number of phenols is 1. The van der Waals surface area contributed by atoms with E-state index in [4.69, 9.17) is 0 Å². The van der Waals surface area contributed by atoms with Crippen molar-refractivity contribution in [1.29, 1.82) is 0 Å². The second-order valence-corrected chi connectivity index (χ2v) is 7.80. The molecule has 0 spiro atoms. The van der Waals surface area contributed by atoms with Gasteiger partial charge in [-0.2, -0.15) is 5.10 Å². The molecule has 1 aliphatic heterocycles. The van der Waals surface area contributed by atoms with E-state index in [1.165, 1.54) is 18.2 Å². The number of rotatable bonds is 4. The van der Waals surface area contributed by atoms with Gasteiger partial charge in [0, 0.05) is 24.0 Å². The van der Waals surface area contributed by atoms with E-state index in [2.05, 4.69) is 47.5 Å². The first kappa shape index (κ1) is 19.0. The lowest BCUT2D eigenvalue weighted by Gasteiger charge is -2.09. The highest BCUT2D eigenvalue weighted by molar-refractivity contribution is 9.10. The highest BCUT2D eigenvalue weighted by Crippen LogP contribution is 2.36. The number of H-pyrrole nitrogens is 2. The van der Waals surface area contributed by atoms with Gasteiger partial charge >= 0.3 is 0 Å². The number of hydrogen-bond donors (Lipinski definition) is 4. The number of alkyl halides is 1. The van der Waals surface area contributed by atoms with Crippen LogP contribution in [0.5, 0.6) is 5.75 Å². The molecule has 4 aromatic rings. The first-order valence-electron chi connectivity index (χ1n) is 9.27. The third kappa shape index (κ3) is 3.01. The van der Waals surface area contributed by atoms with Gasteiger partial charge < -0.3 is 15.4 Å². The summed E-state index contributed by atoms with van der Waals surface area (Å²) in [7, 11) is 0. The number of hydrogen-bond acceptors (Lipinski definition) is 4. The Labute approximate surface area is 178 Å². The SMILES string of the molecule is Oc1ccc(-c2ccc3c(-c4nc(C5=CCNC5)c(Br)[nH]4)[nH]nc3c2F)c(CF)c1. The molecule has 0 radical (unpaired) electrons. The smallest absolute Gasteiger partial charge is 0.159 e. The molecule has 1 aliphatic rings. The monoisotopic (exact) mass is 471 g/mol. The number of phenolic OH excluding ortho intramolecular Hbond substituents is 1. The Hall–Kier alpha value is -3.04. The van der Waals surface area contributed by atoms with Gasteiger partial charge in [-0.15, -0.1) is 0 Å². The molecule has 0 fully saturated rings. The van der Waals surface area contributed by atoms with Crippen molar-refractivity contribution < 1.29 is 13.9 Å². The van der Waals surface area contributed by atoms with E-state index >= 15 is 4.39 Å². The van der Waals surface area contributed by atoms with Gasteiger partial charge in [0.1, 0.15) is 33.9 Å². The Morgan fingerprint density at radius 2 is 2.00 bits per heavy atom. The molecule has 0 amide bonds. The van der Waals surface area contributed by atoms with E-state index in [0.717, 1.165) is 29.0 Å². The van der Waals surface area contributed by atoms with Crippen molar-refractivity contribution in [2.75, 3.05) is 13.1 Å². The molecule has 0 saturated carbocycles. The number of fused-ring (bicyclic) bond motifs is 1. The number of aromatic nitrogens is 4. The summed E-state index contributed by atoms with van der Waals surface area (Å²) in [6, 6.07) is 7.52. The van der Waals surface area contributed by atoms with Crippen molar-refractivity contribution in [2.45, 2.75) is 6.67 Å². The van der Waals surface area contributed by atoms with Crippen LogP contribution in [0.2, 0.25) is 0 Å². The minimum absolute atomic E-state index is 0.0679. The normalized spacial score (nSPS) is 13.9. The van der Waals surface area contributed by atoms with Crippen LogP contribution in [-0.2, 0) is 6.67 Å². The summed E-state index contributed by atoms with van der Waals surface area (Å²) in [5.41, 5.74) is 3.38. The highest BCUT2D eigenvalue weighted by atomic mass is 79.9. The van der Waals surface area contributed by atoms with Crippen molar-refractivity contribution in [2.24, 2.45) is 0 Å². The molecular formula is C21H16BrF2N5O. The summed E-state index contributed by atoms with van der Waals surface area (Å²) < 4.78 is 29.5. The molecule has 3 heterocycles. The van der Waals surface area contributed by atoms with Crippen LogP contribution in [0.4, 0.5) is 8.78 Å². The van der Waals surface area contributed by atoms with E-state index < -0.39 is 12.5 Å². The lowest BCUT2D eigenvalue weighted by molar-refractivity contribution is 0.463. The Morgan fingerprint density at radius 1 is 1.17 bits per heavy atom. The average Bonchev–Trinajstić information content (AvgIpc) is 3.48. The number of halogens is 3. The van der Waals surface area contributed by atoms with Crippen molar-refractivity contribution in [3.63, 3.8) is 0 Å². The summed E-state index contributed by atoms with van der Waals surface area (Å²) in [6.07, 6.45) is 2.07. The summed E-state index contributed by atoms with van der Waals surface area (Å²) >= 11 is 3.50. The minimum Gasteiger partial charge on any atom is -0.508 e. The van der Waals surface area contributed by atoms with E-state index in [9.17, 15) is 9.50 Å². The molecule has 2 aromatic heterocycles. The second kappa shape index (κ2) is 7.33. The molecular weight excluding hydrogens is 456 g/mol. The Kier molecular flexibility index (Phi) is 4.63. The molecule has 4 N–H and O–H groups in total. The maximum Gasteiger partial charge on any atom is 0.159 e. The fraction of sp³-hybridized carbons (Fsp3) is 0.143. The molecule has 6 nitrogen and oxygen atoms in total. The van der Waals surface area contributed by atoms with Gasteiger partial charge in [0.25, 0.3) is 0 Å². The van der Waals surface area contributed by atoms with Gasteiger partial charge in [-0.3, -0.25) is 5.10 Å². The van der Waals surface area contributed by atoms with Crippen LogP contribution in [0.25, 0.3) is 39.1 Å². The average molecular weight is 472 g/mol. The zero-order chi connectivity index (χ0) is 20.8. The van der Waals surface area contributed by atoms with E-state index in [1.54, 1.807) is 12.1 Å². The van der Waals surface area contributed by atoms with Crippen LogP contribution in [0, 0.1) is 5.82 Å². The Morgan fingerprint density at radius 3 is 2.77 bits per heavy atom. The summed E-state index contributed by atoms with van der Waals surface area (Å²) in [5.74, 6) is -0.0981. The predicted molar refractivity (Wildman–Crippen MR) is 114 cm³/mol. The lowest BCUT2D eigenvalue weighted by atomic mass is 9.98.